The molecule has 27 heavy (non-hydrogen) atoms. The minimum atomic E-state index is -0.142. The van der Waals surface area contributed by atoms with E-state index in [0.717, 1.165) is 22.5 Å². The topological polar surface area (TPSA) is 86.3 Å². The van der Waals surface area contributed by atoms with Gasteiger partial charge in [0.15, 0.2) is 11.5 Å². The number of rotatable bonds is 4. The van der Waals surface area contributed by atoms with Crippen LogP contribution in [0.25, 0.3) is 5.65 Å². The van der Waals surface area contributed by atoms with Gasteiger partial charge in [0.05, 0.1) is 24.4 Å². The summed E-state index contributed by atoms with van der Waals surface area (Å²) in [4.78, 5) is 13.0. The van der Waals surface area contributed by atoms with E-state index in [9.17, 15) is 4.79 Å². The molecular weight excluding hydrogens is 344 g/mol. The van der Waals surface area contributed by atoms with Gasteiger partial charge in [0.1, 0.15) is 5.69 Å². The highest BCUT2D eigenvalue weighted by Crippen LogP contribution is 2.31. The smallest absolute Gasteiger partial charge is 0.270 e. The van der Waals surface area contributed by atoms with Gasteiger partial charge in [0.2, 0.25) is 0 Å². The van der Waals surface area contributed by atoms with Crippen LogP contribution in [0.15, 0.2) is 18.3 Å². The molecule has 1 N–H and O–H groups in total. The third kappa shape index (κ3) is 3.10. The van der Waals surface area contributed by atoms with Gasteiger partial charge in [-0.3, -0.25) is 13.9 Å². The van der Waals surface area contributed by atoms with Crippen molar-refractivity contribution in [1.29, 1.82) is 0 Å². The van der Waals surface area contributed by atoms with Crippen molar-refractivity contribution < 1.29 is 9.53 Å². The number of hydrogen-bond donors (Lipinski definition) is 1. The van der Waals surface area contributed by atoms with Crippen molar-refractivity contribution in [3.05, 3.63) is 46.7 Å². The van der Waals surface area contributed by atoms with E-state index in [0.29, 0.717) is 31.0 Å². The number of carbonyl (C=O) groups excluding carboxylic acids is 1. The highest BCUT2D eigenvalue weighted by atomic mass is 16.5. The van der Waals surface area contributed by atoms with Crippen molar-refractivity contribution in [2.75, 3.05) is 0 Å². The summed E-state index contributed by atoms with van der Waals surface area (Å²) in [6.07, 6.45) is 2.62. The lowest BCUT2D eigenvalue weighted by molar-refractivity contribution is -0.00712. The minimum Gasteiger partial charge on any atom is -0.369 e. The molecule has 0 aromatic carbocycles. The summed E-state index contributed by atoms with van der Waals surface area (Å²) in [7, 11) is 0. The van der Waals surface area contributed by atoms with Crippen molar-refractivity contribution in [1.82, 2.24) is 29.7 Å². The molecule has 3 aromatic rings. The molecule has 3 aromatic heterocycles. The van der Waals surface area contributed by atoms with Crippen LogP contribution < -0.4 is 5.32 Å². The second-order valence-electron chi connectivity index (χ2n) is 7.05. The molecule has 0 unspecified atom stereocenters. The van der Waals surface area contributed by atoms with E-state index in [1.54, 1.807) is 4.68 Å². The fourth-order valence-electron chi connectivity index (χ4n) is 3.69. The normalized spacial score (nSPS) is 19.3. The van der Waals surface area contributed by atoms with Crippen LogP contribution in [0, 0.1) is 6.92 Å². The maximum Gasteiger partial charge on any atom is 0.270 e. The maximum absolute atomic E-state index is 13.0. The molecule has 0 aliphatic carbocycles. The molecule has 1 aliphatic rings. The van der Waals surface area contributed by atoms with Crippen LogP contribution in [0.5, 0.6) is 0 Å². The fraction of sp³-hybridized carbons (Fsp3) is 0.474. The fourth-order valence-corrected chi connectivity index (χ4v) is 3.69. The van der Waals surface area contributed by atoms with E-state index in [4.69, 9.17) is 4.74 Å². The summed E-state index contributed by atoms with van der Waals surface area (Å²) >= 11 is 0. The van der Waals surface area contributed by atoms with Gasteiger partial charge < -0.3 is 10.1 Å². The third-order valence-electron chi connectivity index (χ3n) is 4.94. The summed E-state index contributed by atoms with van der Waals surface area (Å²) in [6, 6.07) is 3.90. The Labute approximate surface area is 157 Å². The Morgan fingerprint density at radius 1 is 1.33 bits per heavy atom. The van der Waals surface area contributed by atoms with E-state index in [1.807, 2.05) is 50.4 Å². The highest BCUT2D eigenvalue weighted by molar-refractivity contribution is 5.94. The Kier molecular flexibility index (Phi) is 4.43. The van der Waals surface area contributed by atoms with Gasteiger partial charge in [0, 0.05) is 24.7 Å². The Morgan fingerprint density at radius 2 is 2.15 bits per heavy atom. The van der Waals surface area contributed by atoms with Gasteiger partial charge in [-0.25, -0.2) is 0 Å². The van der Waals surface area contributed by atoms with E-state index < -0.39 is 0 Å². The van der Waals surface area contributed by atoms with Crippen LogP contribution >= 0.6 is 0 Å². The minimum absolute atomic E-state index is 0.0666. The summed E-state index contributed by atoms with van der Waals surface area (Å²) in [5.74, 6) is 0.555. The number of hydrogen-bond acceptors (Lipinski definition) is 5. The van der Waals surface area contributed by atoms with E-state index >= 15 is 0 Å². The summed E-state index contributed by atoms with van der Waals surface area (Å²) in [5, 5.41) is 16.0. The number of amides is 1. The predicted octanol–water partition coefficient (Wildman–Crippen LogP) is 2.21. The molecule has 4 rings (SSSR count). The Morgan fingerprint density at radius 3 is 2.93 bits per heavy atom. The largest absolute Gasteiger partial charge is 0.369 e. The molecule has 0 radical (unpaired) electrons. The van der Waals surface area contributed by atoms with Crippen LogP contribution in [0.4, 0.5) is 0 Å². The number of aryl methyl sites for hydroxylation is 2. The van der Waals surface area contributed by atoms with Gasteiger partial charge in [-0.2, -0.15) is 5.10 Å². The van der Waals surface area contributed by atoms with Crippen LogP contribution in [-0.2, 0) is 24.2 Å². The second kappa shape index (κ2) is 6.77. The van der Waals surface area contributed by atoms with Crippen LogP contribution in [0.2, 0.25) is 0 Å². The predicted molar refractivity (Wildman–Crippen MR) is 99.5 cm³/mol. The molecule has 4 heterocycles. The lowest BCUT2D eigenvalue weighted by Gasteiger charge is -2.24. The maximum atomic E-state index is 13.0. The van der Waals surface area contributed by atoms with Crippen molar-refractivity contribution in [2.24, 2.45) is 0 Å². The number of pyridine rings is 1. The van der Waals surface area contributed by atoms with Crippen molar-refractivity contribution in [2.45, 2.75) is 59.4 Å². The molecule has 8 heteroatoms. The molecule has 1 amide bonds. The first-order valence-electron chi connectivity index (χ1n) is 9.31. The lowest BCUT2D eigenvalue weighted by Crippen LogP contribution is -2.29. The Balaban J connectivity index is 1.61. The standard InChI is InChI=1S/C19H24N6O2/c1-5-25-18(14-8-12(3)27-13(4)17(14)23-25)19(26)20-9-16-22-21-15-7-6-11(2)10-24(15)16/h6-7,10,12-13H,5,8-9H2,1-4H3,(H,20,26)/t12-,13+/m0/s1. The average Bonchev–Trinajstić information content (AvgIpc) is 3.20. The first kappa shape index (κ1) is 17.7. The highest BCUT2D eigenvalue weighted by Gasteiger charge is 2.31. The van der Waals surface area contributed by atoms with Crippen molar-refractivity contribution in [3.63, 3.8) is 0 Å². The van der Waals surface area contributed by atoms with Crippen LogP contribution in [0.1, 0.15) is 60.0 Å². The molecule has 142 valence electrons. The SMILES string of the molecule is CCn1nc2c(c1C(=O)NCc1nnc3ccc(C)cn13)C[C@H](C)O[C@@H]2C. The third-order valence-corrected chi connectivity index (χ3v) is 4.94. The molecule has 0 bridgehead atoms. The first-order chi connectivity index (χ1) is 13.0. The number of ether oxygens (including phenoxy) is 1. The molecule has 2 atom stereocenters. The van der Waals surface area contributed by atoms with E-state index in [2.05, 4.69) is 20.6 Å². The van der Waals surface area contributed by atoms with E-state index in [-0.39, 0.29) is 18.1 Å². The van der Waals surface area contributed by atoms with Crippen LogP contribution in [-0.4, -0.2) is 36.4 Å². The summed E-state index contributed by atoms with van der Waals surface area (Å²) in [6.45, 7) is 8.93. The molecular formula is C19H24N6O2. The lowest BCUT2D eigenvalue weighted by atomic mass is 9.99. The van der Waals surface area contributed by atoms with Crippen molar-refractivity contribution in [3.8, 4) is 0 Å². The summed E-state index contributed by atoms with van der Waals surface area (Å²) in [5.41, 5.74) is 4.35. The second-order valence-corrected chi connectivity index (χ2v) is 7.05. The molecule has 0 saturated carbocycles. The zero-order valence-electron chi connectivity index (χ0n) is 16.1. The van der Waals surface area contributed by atoms with E-state index in [1.165, 1.54) is 0 Å². The molecule has 0 saturated heterocycles. The van der Waals surface area contributed by atoms with Crippen molar-refractivity contribution >= 4 is 11.6 Å². The van der Waals surface area contributed by atoms with Gasteiger partial charge in [-0.1, -0.05) is 6.07 Å². The Hall–Kier alpha value is -2.74. The van der Waals surface area contributed by atoms with Crippen LogP contribution in [0.3, 0.4) is 0 Å². The average molecular weight is 368 g/mol. The number of nitrogens with one attached hydrogen (secondary N) is 1. The van der Waals surface area contributed by atoms with Gasteiger partial charge in [0.25, 0.3) is 5.91 Å². The summed E-state index contributed by atoms with van der Waals surface area (Å²) < 4.78 is 9.53. The molecule has 8 nitrogen and oxygen atoms in total. The zero-order valence-corrected chi connectivity index (χ0v) is 16.1. The quantitative estimate of drug-likeness (QED) is 0.763. The number of carbonyl (C=O) groups is 1. The van der Waals surface area contributed by atoms with Gasteiger partial charge in [-0.15, -0.1) is 10.2 Å². The van der Waals surface area contributed by atoms with Gasteiger partial charge in [-0.05, 0) is 39.3 Å². The zero-order chi connectivity index (χ0) is 19.1. The molecule has 1 aliphatic heterocycles. The molecule has 0 fully saturated rings. The van der Waals surface area contributed by atoms with Gasteiger partial charge >= 0.3 is 0 Å². The number of fused-ring (bicyclic) bond motifs is 2. The Bertz CT molecular complexity index is 1010. The number of nitrogens with zero attached hydrogens (tertiary/aromatic N) is 5. The molecule has 0 spiro atoms. The number of aromatic nitrogens is 5. The monoisotopic (exact) mass is 368 g/mol. The first-order valence-corrected chi connectivity index (χ1v) is 9.31.